The van der Waals surface area contributed by atoms with Gasteiger partial charge in [-0.1, -0.05) is 13.3 Å². The quantitative estimate of drug-likeness (QED) is 0.482. The highest BCUT2D eigenvalue weighted by Crippen LogP contribution is 1.93. The number of esters is 1. The zero-order valence-corrected chi connectivity index (χ0v) is 7.30. The predicted octanol–water partition coefficient (Wildman–Crippen LogP) is 1.07. The molecule has 0 saturated carbocycles. The highest BCUT2D eigenvalue weighted by atomic mass is 16.5. The molecule has 2 N–H and O–H groups in total. The van der Waals surface area contributed by atoms with Crippen LogP contribution in [-0.2, 0) is 9.53 Å². The van der Waals surface area contributed by atoms with Crippen LogP contribution in [0.5, 0.6) is 0 Å². The fourth-order valence-corrected chi connectivity index (χ4v) is 0.652. The van der Waals surface area contributed by atoms with Crippen LogP contribution in [0.15, 0.2) is 0 Å². The first-order valence-electron chi connectivity index (χ1n) is 4.08. The van der Waals surface area contributed by atoms with Crippen molar-refractivity contribution in [2.45, 2.75) is 39.2 Å². The van der Waals surface area contributed by atoms with Crippen molar-refractivity contribution in [3.05, 3.63) is 0 Å². The first-order valence-corrected chi connectivity index (χ1v) is 4.08. The highest BCUT2D eigenvalue weighted by Gasteiger charge is 2.04. The molecule has 0 spiro atoms. The van der Waals surface area contributed by atoms with Gasteiger partial charge in [-0.15, -0.1) is 0 Å². The van der Waals surface area contributed by atoms with E-state index in [1.807, 2.05) is 0 Å². The number of rotatable bonds is 5. The lowest BCUT2D eigenvalue weighted by Gasteiger charge is -2.05. The fraction of sp³-hybridized carbons (Fsp3) is 0.875. The van der Waals surface area contributed by atoms with Crippen LogP contribution in [0.4, 0.5) is 0 Å². The lowest BCUT2D eigenvalue weighted by Crippen LogP contribution is -2.21. The maximum absolute atomic E-state index is 10.8. The van der Waals surface area contributed by atoms with Gasteiger partial charge in [-0.2, -0.15) is 0 Å². The summed E-state index contributed by atoms with van der Waals surface area (Å²) in [6, 6.07) is -0.0934. The zero-order chi connectivity index (χ0) is 8.69. The smallest absolute Gasteiger partial charge is 0.307 e. The first-order chi connectivity index (χ1) is 5.16. The molecule has 0 amide bonds. The Labute approximate surface area is 67.9 Å². The molecule has 1 unspecified atom stereocenters. The number of carbonyl (C=O) groups is 1. The van der Waals surface area contributed by atoms with Gasteiger partial charge in [0.1, 0.15) is 0 Å². The number of hydrogen-bond acceptors (Lipinski definition) is 3. The minimum absolute atomic E-state index is 0.0934. The van der Waals surface area contributed by atoms with Gasteiger partial charge in [-0.25, -0.2) is 0 Å². The van der Waals surface area contributed by atoms with Crippen LogP contribution >= 0.6 is 0 Å². The third-order valence-electron chi connectivity index (χ3n) is 1.25. The zero-order valence-electron chi connectivity index (χ0n) is 7.30. The van der Waals surface area contributed by atoms with E-state index in [2.05, 4.69) is 6.92 Å². The van der Waals surface area contributed by atoms with Crippen molar-refractivity contribution in [2.24, 2.45) is 5.73 Å². The Morgan fingerprint density at radius 2 is 2.27 bits per heavy atom. The molecule has 0 radical (unpaired) electrons. The van der Waals surface area contributed by atoms with Gasteiger partial charge in [0.25, 0.3) is 0 Å². The minimum Gasteiger partial charge on any atom is -0.466 e. The monoisotopic (exact) mass is 159 g/mol. The molecule has 0 aromatic heterocycles. The standard InChI is InChI=1S/C8H17NO2/c1-3-4-5-11-8(10)6-7(2)9/h7H,3-6,9H2,1-2H3. The molecule has 0 aliphatic carbocycles. The van der Waals surface area contributed by atoms with Crippen molar-refractivity contribution in [1.82, 2.24) is 0 Å². The number of carbonyl (C=O) groups excluding carboxylic acids is 1. The summed E-state index contributed by atoms with van der Waals surface area (Å²) in [7, 11) is 0. The van der Waals surface area contributed by atoms with Crippen molar-refractivity contribution in [3.8, 4) is 0 Å². The second-order valence-electron chi connectivity index (χ2n) is 2.76. The Kier molecular flexibility index (Phi) is 5.84. The average Bonchev–Trinajstić information content (AvgIpc) is 1.86. The molecule has 0 aliphatic heterocycles. The molecule has 0 aromatic rings. The van der Waals surface area contributed by atoms with Crippen LogP contribution < -0.4 is 5.73 Å². The largest absolute Gasteiger partial charge is 0.466 e. The summed E-state index contributed by atoms with van der Waals surface area (Å²) >= 11 is 0. The van der Waals surface area contributed by atoms with E-state index in [4.69, 9.17) is 10.5 Å². The molecular weight excluding hydrogens is 142 g/mol. The van der Waals surface area contributed by atoms with Crippen molar-refractivity contribution in [2.75, 3.05) is 6.61 Å². The van der Waals surface area contributed by atoms with Gasteiger partial charge in [0.2, 0.25) is 0 Å². The predicted molar refractivity (Wildman–Crippen MR) is 44.1 cm³/mol. The summed E-state index contributed by atoms with van der Waals surface area (Å²) in [6.45, 7) is 4.38. The van der Waals surface area contributed by atoms with E-state index in [1.54, 1.807) is 6.92 Å². The van der Waals surface area contributed by atoms with E-state index in [0.29, 0.717) is 13.0 Å². The van der Waals surface area contributed by atoms with Gasteiger partial charge in [0.15, 0.2) is 0 Å². The van der Waals surface area contributed by atoms with Crippen LogP contribution in [0.25, 0.3) is 0 Å². The average molecular weight is 159 g/mol. The molecule has 3 nitrogen and oxygen atoms in total. The molecule has 66 valence electrons. The van der Waals surface area contributed by atoms with Gasteiger partial charge >= 0.3 is 5.97 Å². The van der Waals surface area contributed by atoms with Crippen LogP contribution in [0.2, 0.25) is 0 Å². The molecule has 0 saturated heterocycles. The lowest BCUT2D eigenvalue weighted by molar-refractivity contribution is -0.144. The van der Waals surface area contributed by atoms with Crippen molar-refractivity contribution >= 4 is 5.97 Å². The van der Waals surface area contributed by atoms with Gasteiger partial charge in [-0.3, -0.25) is 4.79 Å². The SMILES string of the molecule is CCCCOC(=O)CC(C)N. The Bertz CT molecular complexity index is 113. The minimum atomic E-state index is -0.187. The second kappa shape index (κ2) is 6.16. The van der Waals surface area contributed by atoms with E-state index < -0.39 is 0 Å². The maximum atomic E-state index is 10.8. The molecular formula is C8H17NO2. The normalized spacial score (nSPS) is 12.6. The summed E-state index contributed by atoms with van der Waals surface area (Å²) in [5.41, 5.74) is 5.40. The Balaban J connectivity index is 3.23. The van der Waals surface area contributed by atoms with Gasteiger partial charge < -0.3 is 10.5 Å². The van der Waals surface area contributed by atoms with Crippen molar-refractivity contribution in [1.29, 1.82) is 0 Å². The Morgan fingerprint density at radius 3 is 2.73 bits per heavy atom. The Hall–Kier alpha value is -0.570. The highest BCUT2D eigenvalue weighted by molar-refractivity contribution is 5.69. The van der Waals surface area contributed by atoms with Gasteiger partial charge in [-0.05, 0) is 13.3 Å². The van der Waals surface area contributed by atoms with E-state index in [9.17, 15) is 4.79 Å². The summed E-state index contributed by atoms with van der Waals surface area (Å²) < 4.78 is 4.87. The molecule has 0 heterocycles. The van der Waals surface area contributed by atoms with E-state index in [-0.39, 0.29) is 12.0 Å². The fourth-order valence-electron chi connectivity index (χ4n) is 0.652. The molecule has 1 atom stereocenters. The summed E-state index contributed by atoms with van der Waals surface area (Å²) in [5, 5.41) is 0. The van der Waals surface area contributed by atoms with Crippen molar-refractivity contribution < 1.29 is 9.53 Å². The summed E-state index contributed by atoms with van der Waals surface area (Å²) in [6.07, 6.45) is 2.31. The molecule has 11 heavy (non-hydrogen) atoms. The molecule has 0 aromatic carbocycles. The topological polar surface area (TPSA) is 52.3 Å². The molecule has 0 bridgehead atoms. The van der Waals surface area contributed by atoms with Crippen LogP contribution in [0.1, 0.15) is 33.1 Å². The molecule has 0 aliphatic rings. The number of unbranched alkanes of at least 4 members (excludes halogenated alkanes) is 1. The maximum Gasteiger partial charge on any atom is 0.307 e. The second-order valence-corrected chi connectivity index (χ2v) is 2.76. The Morgan fingerprint density at radius 1 is 1.64 bits per heavy atom. The summed E-state index contributed by atoms with van der Waals surface area (Å²) in [4.78, 5) is 10.8. The molecule has 0 fully saturated rings. The number of ether oxygens (including phenoxy) is 1. The van der Waals surface area contributed by atoms with Gasteiger partial charge in [0, 0.05) is 6.04 Å². The summed E-state index contributed by atoms with van der Waals surface area (Å²) in [5.74, 6) is -0.187. The first kappa shape index (κ1) is 10.4. The van der Waals surface area contributed by atoms with Crippen LogP contribution in [0.3, 0.4) is 0 Å². The van der Waals surface area contributed by atoms with Crippen molar-refractivity contribution in [3.63, 3.8) is 0 Å². The third-order valence-corrected chi connectivity index (χ3v) is 1.25. The van der Waals surface area contributed by atoms with Crippen LogP contribution in [0, 0.1) is 0 Å². The van der Waals surface area contributed by atoms with E-state index in [1.165, 1.54) is 0 Å². The van der Waals surface area contributed by atoms with Crippen LogP contribution in [-0.4, -0.2) is 18.6 Å². The molecule has 3 heteroatoms. The van der Waals surface area contributed by atoms with E-state index in [0.717, 1.165) is 12.8 Å². The van der Waals surface area contributed by atoms with E-state index >= 15 is 0 Å². The molecule has 0 rings (SSSR count). The lowest BCUT2D eigenvalue weighted by atomic mass is 10.2. The number of nitrogens with two attached hydrogens (primary N) is 1. The third kappa shape index (κ3) is 7.33. The van der Waals surface area contributed by atoms with Gasteiger partial charge in [0.05, 0.1) is 13.0 Å². The number of hydrogen-bond donors (Lipinski definition) is 1.